The van der Waals surface area contributed by atoms with Crippen LogP contribution in [0.1, 0.15) is 25.7 Å². The van der Waals surface area contributed by atoms with Gasteiger partial charge in [0.25, 0.3) is 0 Å². The van der Waals surface area contributed by atoms with E-state index in [4.69, 9.17) is 0 Å². The van der Waals surface area contributed by atoms with Crippen molar-refractivity contribution in [2.45, 2.75) is 32.4 Å². The van der Waals surface area contributed by atoms with E-state index in [9.17, 15) is 26.3 Å². The molecule has 0 spiro atoms. The molecule has 0 aliphatic rings. The van der Waals surface area contributed by atoms with E-state index in [0.717, 1.165) is 22.8 Å². The largest absolute Gasteiger partial charge is 0.573 e. The lowest BCUT2D eigenvalue weighted by Gasteiger charge is -2.15. The molecule has 0 aliphatic carbocycles. The molecular formula is C12H10F6N2O. The van der Waals surface area contributed by atoms with Gasteiger partial charge in [0.1, 0.15) is 5.75 Å². The summed E-state index contributed by atoms with van der Waals surface area (Å²) in [5.74, 6) is -1.75. The smallest absolute Gasteiger partial charge is 0.406 e. The predicted octanol–water partition coefficient (Wildman–Crippen LogP) is 4.53. The second-order valence-electron chi connectivity index (χ2n) is 4.60. The summed E-state index contributed by atoms with van der Waals surface area (Å²) in [6.07, 6.45) is -9.61. The summed E-state index contributed by atoms with van der Waals surface area (Å²) in [5, 5.41) is 0. The Hall–Kier alpha value is -1.93. The maximum atomic E-state index is 12.9. The summed E-state index contributed by atoms with van der Waals surface area (Å²) in [4.78, 5) is 3.44. The third kappa shape index (κ3) is 3.22. The van der Waals surface area contributed by atoms with E-state index in [-0.39, 0.29) is 11.0 Å². The Balaban J connectivity index is 2.63. The maximum absolute atomic E-state index is 12.9. The van der Waals surface area contributed by atoms with E-state index < -0.39 is 30.2 Å². The Kier molecular flexibility index (Phi) is 3.54. The van der Waals surface area contributed by atoms with Crippen LogP contribution in [0.3, 0.4) is 0 Å². The van der Waals surface area contributed by atoms with Crippen LogP contribution in [0.4, 0.5) is 26.3 Å². The SMILES string of the molecule is CC(C)n1c(C(F)(F)F)nc2ccc(OC(F)(F)F)cc21. The molecule has 0 saturated heterocycles. The number of hydrogen-bond acceptors (Lipinski definition) is 2. The molecule has 0 amide bonds. The van der Waals surface area contributed by atoms with Crippen molar-refractivity contribution in [1.82, 2.24) is 9.55 Å². The number of alkyl halides is 6. The van der Waals surface area contributed by atoms with Crippen molar-refractivity contribution in [3.05, 3.63) is 24.0 Å². The maximum Gasteiger partial charge on any atom is 0.573 e. The minimum Gasteiger partial charge on any atom is -0.406 e. The lowest BCUT2D eigenvalue weighted by molar-refractivity contribution is -0.274. The van der Waals surface area contributed by atoms with Gasteiger partial charge in [-0.05, 0) is 26.0 Å². The summed E-state index contributed by atoms with van der Waals surface area (Å²) in [7, 11) is 0. The average Bonchev–Trinajstić information content (AvgIpc) is 2.64. The predicted molar refractivity (Wildman–Crippen MR) is 61.8 cm³/mol. The normalized spacial score (nSPS) is 13.2. The number of rotatable bonds is 2. The topological polar surface area (TPSA) is 27.1 Å². The number of hydrogen-bond donors (Lipinski definition) is 0. The quantitative estimate of drug-likeness (QED) is 0.762. The molecule has 0 bridgehead atoms. The molecule has 21 heavy (non-hydrogen) atoms. The van der Waals surface area contributed by atoms with Crippen LogP contribution >= 0.6 is 0 Å². The fourth-order valence-corrected chi connectivity index (χ4v) is 1.99. The minimum absolute atomic E-state index is 0.0504. The summed E-state index contributed by atoms with van der Waals surface area (Å²) in [6.45, 7) is 2.96. The number of ether oxygens (including phenoxy) is 1. The Morgan fingerprint density at radius 1 is 1.10 bits per heavy atom. The molecule has 0 N–H and O–H groups in total. The van der Waals surface area contributed by atoms with Gasteiger partial charge < -0.3 is 9.30 Å². The second-order valence-corrected chi connectivity index (χ2v) is 4.60. The van der Waals surface area contributed by atoms with Crippen molar-refractivity contribution in [2.24, 2.45) is 0 Å². The fraction of sp³-hybridized carbons (Fsp3) is 0.417. The number of halogens is 6. The van der Waals surface area contributed by atoms with Gasteiger partial charge in [-0.15, -0.1) is 13.2 Å². The molecule has 0 radical (unpaired) electrons. The van der Waals surface area contributed by atoms with Crippen molar-refractivity contribution >= 4 is 11.0 Å². The highest BCUT2D eigenvalue weighted by Crippen LogP contribution is 2.35. The van der Waals surface area contributed by atoms with E-state index in [1.54, 1.807) is 0 Å². The highest BCUT2D eigenvalue weighted by molar-refractivity contribution is 5.78. The summed E-state index contributed by atoms with van der Waals surface area (Å²) in [5.41, 5.74) is -0.121. The van der Waals surface area contributed by atoms with Crippen molar-refractivity contribution < 1.29 is 31.1 Å². The Morgan fingerprint density at radius 3 is 2.19 bits per heavy atom. The molecule has 1 aromatic carbocycles. The van der Waals surface area contributed by atoms with Gasteiger partial charge in [0.05, 0.1) is 11.0 Å². The molecular weight excluding hydrogens is 302 g/mol. The van der Waals surface area contributed by atoms with E-state index in [2.05, 4.69) is 9.72 Å². The first kappa shape index (κ1) is 15.5. The summed E-state index contributed by atoms with van der Waals surface area (Å²) < 4.78 is 79.8. The van der Waals surface area contributed by atoms with Gasteiger partial charge in [0, 0.05) is 12.1 Å². The van der Waals surface area contributed by atoms with E-state index in [0.29, 0.717) is 0 Å². The Morgan fingerprint density at radius 2 is 1.71 bits per heavy atom. The van der Waals surface area contributed by atoms with Crippen LogP contribution in [0.25, 0.3) is 11.0 Å². The average molecular weight is 312 g/mol. The van der Waals surface area contributed by atoms with Crippen LogP contribution in [-0.4, -0.2) is 15.9 Å². The van der Waals surface area contributed by atoms with Gasteiger partial charge in [-0.2, -0.15) is 13.2 Å². The highest BCUT2D eigenvalue weighted by Gasteiger charge is 2.38. The number of fused-ring (bicyclic) bond motifs is 1. The van der Waals surface area contributed by atoms with Crippen molar-refractivity contribution in [3.8, 4) is 5.75 Å². The third-order valence-corrected chi connectivity index (χ3v) is 2.66. The molecule has 116 valence electrons. The molecule has 0 aliphatic heterocycles. The lowest BCUT2D eigenvalue weighted by atomic mass is 10.2. The lowest BCUT2D eigenvalue weighted by Crippen LogP contribution is -2.17. The molecule has 2 aromatic rings. The number of imidazole rings is 1. The molecule has 2 rings (SSSR count). The zero-order chi connectivity index (χ0) is 16.0. The van der Waals surface area contributed by atoms with Crippen molar-refractivity contribution in [3.63, 3.8) is 0 Å². The van der Waals surface area contributed by atoms with Crippen LogP contribution in [0.2, 0.25) is 0 Å². The third-order valence-electron chi connectivity index (χ3n) is 2.66. The summed E-state index contributed by atoms with van der Waals surface area (Å²) >= 11 is 0. The first-order valence-electron chi connectivity index (χ1n) is 5.84. The van der Waals surface area contributed by atoms with Crippen LogP contribution in [0, 0.1) is 0 Å². The molecule has 0 saturated carbocycles. The van der Waals surface area contributed by atoms with Crippen LogP contribution in [-0.2, 0) is 6.18 Å². The monoisotopic (exact) mass is 312 g/mol. The van der Waals surface area contributed by atoms with Crippen LogP contribution in [0.5, 0.6) is 5.75 Å². The molecule has 0 atom stereocenters. The van der Waals surface area contributed by atoms with Gasteiger partial charge >= 0.3 is 12.5 Å². The van der Waals surface area contributed by atoms with Gasteiger partial charge in [-0.25, -0.2) is 4.98 Å². The highest BCUT2D eigenvalue weighted by atomic mass is 19.4. The zero-order valence-corrected chi connectivity index (χ0v) is 10.9. The number of aromatic nitrogens is 2. The van der Waals surface area contributed by atoms with Gasteiger partial charge in [0.15, 0.2) is 0 Å². The van der Waals surface area contributed by atoms with Crippen LogP contribution in [0.15, 0.2) is 18.2 Å². The molecule has 0 unspecified atom stereocenters. The van der Waals surface area contributed by atoms with Gasteiger partial charge in [-0.1, -0.05) is 0 Å². The minimum atomic E-state index is -4.91. The molecule has 9 heteroatoms. The standard InChI is InChI=1S/C12H10F6N2O/c1-6(2)20-9-5-7(21-12(16,17)18)3-4-8(9)19-10(20)11(13,14)15/h3-6H,1-2H3. The fourth-order valence-electron chi connectivity index (χ4n) is 1.99. The second kappa shape index (κ2) is 4.81. The van der Waals surface area contributed by atoms with E-state index in [1.807, 2.05) is 0 Å². The number of benzene rings is 1. The van der Waals surface area contributed by atoms with Crippen molar-refractivity contribution in [1.29, 1.82) is 0 Å². The van der Waals surface area contributed by atoms with Gasteiger partial charge in [0.2, 0.25) is 5.82 Å². The Bertz CT molecular complexity index is 656. The first-order valence-corrected chi connectivity index (χ1v) is 5.84. The van der Waals surface area contributed by atoms with Crippen molar-refractivity contribution in [2.75, 3.05) is 0 Å². The first-order chi connectivity index (χ1) is 9.49. The molecule has 0 fully saturated rings. The van der Waals surface area contributed by atoms with E-state index in [1.165, 1.54) is 13.8 Å². The van der Waals surface area contributed by atoms with Gasteiger partial charge in [-0.3, -0.25) is 0 Å². The number of nitrogens with zero attached hydrogens (tertiary/aromatic N) is 2. The Labute approximate surface area is 115 Å². The van der Waals surface area contributed by atoms with Crippen LogP contribution < -0.4 is 4.74 Å². The molecule has 1 heterocycles. The molecule has 1 aromatic heterocycles. The summed E-state index contributed by atoms with van der Waals surface area (Å²) in [6, 6.07) is 2.25. The zero-order valence-electron chi connectivity index (χ0n) is 10.9. The van der Waals surface area contributed by atoms with E-state index >= 15 is 0 Å². The molecule has 3 nitrogen and oxygen atoms in total.